The molecule has 0 radical (unpaired) electrons. The highest BCUT2D eigenvalue weighted by atomic mass is 32.2. The fraction of sp³-hybridized carbons (Fsp3) is 0.545. The Morgan fingerprint density at radius 1 is 0.812 bits per heavy atom. The summed E-state index contributed by atoms with van der Waals surface area (Å²) in [5, 5.41) is 0. The number of aromatic nitrogens is 2. The molecule has 0 saturated carbocycles. The maximum absolute atomic E-state index is 13.3. The van der Waals surface area contributed by atoms with Crippen molar-refractivity contribution < 1.29 is 17.9 Å². The summed E-state index contributed by atoms with van der Waals surface area (Å²) in [6, 6.07) is 6.85. The number of ether oxygens (including phenoxy) is 2. The monoisotopic (exact) mass is 461 g/mol. The zero-order valence-corrected chi connectivity index (χ0v) is 19.8. The van der Waals surface area contributed by atoms with E-state index in [9.17, 15) is 8.42 Å². The summed E-state index contributed by atoms with van der Waals surface area (Å²) < 4.78 is 38.7. The summed E-state index contributed by atoms with van der Waals surface area (Å²) in [6.45, 7) is 5.79. The van der Waals surface area contributed by atoms with E-state index in [4.69, 9.17) is 9.47 Å². The van der Waals surface area contributed by atoms with Crippen LogP contribution in [-0.2, 0) is 10.0 Å². The number of rotatable bonds is 6. The Morgan fingerprint density at radius 2 is 1.44 bits per heavy atom. The quantitative estimate of drug-likeness (QED) is 0.648. The molecule has 0 unspecified atom stereocenters. The van der Waals surface area contributed by atoms with E-state index in [0.717, 1.165) is 30.5 Å². The average molecular weight is 462 g/mol. The number of benzene rings is 1. The summed E-state index contributed by atoms with van der Waals surface area (Å²) in [4.78, 5) is 13.8. The van der Waals surface area contributed by atoms with E-state index in [-0.39, 0.29) is 4.90 Å². The first-order valence-corrected chi connectivity index (χ1v) is 12.4. The fourth-order valence-electron chi connectivity index (χ4n) is 4.27. The summed E-state index contributed by atoms with van der Waals surface area (Å²) in [5.74, 6) is 3.34. The van der Waals surface area contributed by atoms with Crippen molar-refractivity contribution in [1.82, 2.24) is 14.3 Å². The lowest BCUT2D eigenvalue weighted by Crippen LogP contribution is -2.49. The van der Waals surface area contributed by atoms with Crippen molar-refractivity contribution in [2.24, 2.45) is 0 Å². The third-order valence-corrected chi connectivity index (χ3v) is 7.96. The summed E-state index contributed by atoms with van der Waals surface area (Å²) >= 11 is 0. The lowest BCUT2D eigenvalue weighted by molar-refractivity contribution is 0.370. The molecule has 2 saturated heterocycles. The molecule has 3 heterocycles. The largest absolute Gasteiger partial charge is 0.497 e. The van der Waals surface area contributed by atoms with Gasteiger partial charge in [0.25, 0.3) is 0 Å². The lowest BCUT2D eigenvalue weighted by atomic mass is 10.1. The van der Waals surface area contributed by atoms with Crippen LogP contribution in [0, 0.1) is 6.92 Å². The van der Waals surface area contributed by atoms with E-state index in [0.29, 0.717) is 37.7 Å². The van der Waals surface area contributed by atoms with Crippen LogP contribution in [0.15, 0.2) is 29.2 Å². The van der Waals surface area contributed by atoms with Gasteiger partial charge in [-0.2, -0.15) is 4.31 Å². The minimum absolute atomic E-state index is 0.123. The van der Waals surface area contributed by atoms with Crippen molar-refractivity contribution in [3.63, 3.8) is 0 Å². The van der Waals surface area contributed by atoms with Crippen molar-refractivity contribution >= 4 is 21.7 Å². The molecule has 1 aromatic carbocycles. The SMILES string of the molecule is COc1ccc(OC)c(S(=O)(=O)N2CCN(c3cc(N4CCCCC4)nc(C)n3)CC2)c1. The molecule has 0 aliphatic carbocycles. The van der Waals surface area contributed by atoms with Crippen LogP contribution in [0.3, 0.4) is 0 Å². The van der Waals surface area contributed by atoms with Crippen molar-refractivity contribution in [2.45, 2.75) is 31.1 Å². The van der Waals surface area contributed by atoms with Gasteiger partial charge < -0.3 is 19.3 Å². The molecule has 32 heavy (non-hydrogen) atoms. The normalized spacial score (nSPS) is 18.0. The van der Waals surface area contributed by atoms with E-state index in [1.807, 2.05) is 13.0 Å². The van der Waals surface area contributed by atoms with Crippen LogP contribution in [0.5, 0.6) is 11.5 Å². The van der Waals surface area contributed by atoms with Gasteiger partial charge in [0.15, 0.2) is 0 Å². The van der Waals surface area contributed by atoms with Gasteiger partial charge in [-0.15, -0.1) is 0 Å². The smallest absolute Gasteiger partial charge is 0.247 e. The predicted molar refractivity (Wildman–Crippen MR) is 123 cm³/mol. The maximum Gasteiger partial charge on any atom is 0.247 e. The van der Waals surface area contributed by atoms with E-state index in [1.165, 1.54) is 43.9 Å². The van der Waals surface area contributed by atoms with Gasteiger partial charge in [-0.05, 0) is 38.3 Å². The molecule has 2 fully saturated rings. The van der Waals surface area contributed by atoms with Crippen LogP contribution >= 0.6 is 0 Å². The third-order valence-electron chi connectivity index (χ3n) is 6.04. The van der Waals surface area contributed by atoms with Crippen LogP contribution in [0.2, 0.25) is 0 Å². The lowest BCUT2D eigenvalue weighted by Gasteiger charge is -2.35. The van der Waals surface area contributed by atoms with Crippen LogP contribution in [-0.4, -0.2) is 76.2 Å². The Morgan fingerprint density at radius 3 is 2.03 bits per heavy atom. The number of piperazine rings is 1. The van der Waals surface area contributed by atoms with Gasteiger partial charge in [-0.1, -0.05) is 0 Å². The summed E-state index contributed by atoms with van der Waals surface area (Å²) in [5.41, 5.74) is 0. The van der Waals surface area contributed by atoms with E-state index in [2.05, 4.69) is 19.8 Å². The number of piperidine rings is 1. The standard InChI is InChI=1S/C22H31N5O4S/c1-17-23-21(25-9-5-4-6-10-25)16-22(24-17)26-11-13-27(14-12-26)32(28,29)20-15-18(30-2)7-8-19(20)31-3/h7-8,15-16H,4-6,9-14H2,1-3H3. The minimum atomic E-state index is -3.72. The zero-order chi connectivity index (χ0) is 22.7. The Hall–Kier alpha value is -2.59. The Balaban J connectivity index is 1.50. The van der Waals surface area contributed by atoms with Gasteiger partial charge in [0.2, 0.25) is 10.0 Å². The molecule has 0 amide bonds. The number of sulfonamides is 1. The first kappa shape index (κ1) is 22.6. The van der Waals surface area contributed by atoms with Crippen molar-refractivity contribution in [1.29, 1.82) is 0 Å². The topological polar surface area (TPSA) is 88.1 Å². The van der Waals surface area contributed by atoms with Crippen LogP contribution in [0.25, 0.3) is 0 Å². The molecule has 2 aliphatic rings. The number of anilines is 2. The Bertz CT molecular complexity index is 1050. The second kappa shape index (κ2) is 9.50. The van der Waals surface area contributed by atoms with E-state index < -0.39 is 10.0 Å². The predicted octanol–water partition coefficient (Wildman–Crippen LogP) is 2.30. The molecule has 0 N–H and O–H groups in total. The highest BCUT2D eigenvalue weighted by molar-refractivity contribution is 7.89. The molecule has 0 spiro atoms. The van der Waals surface area contributed by atoms with Gasteiger partial charge in [-0.3, -0.25) is 0 Å². The number of nitrogens with zero attached hydrogens (tertiary/aromatic N) is 5. The second-order valence-corrected chi connectivity index (χ2v) is 9.99. The second-order valence-electron chi connectivity index (χ2n) is 8.09. The summed E-state index contributed by atoms with van der Waals surface area (Å²) in [6.07, 6.45) is 3.63. The number of hydrogen-bond donors (Lipinski definition) is 0. The molecule has 9 nitrogen and oxygen atoms in total. The molecule has 4 rings (SSSR count). The first-order valence-electron chi connectivity index (χ1n) is 11.0. The van der Waals surface area contributed by atoms with Crippen LogP contribution in [0.4, 0.5) is 11.6 Å². The highest BCUT2D eigenvalue weighted by Gasteiger charge is 2.32. The third kappa shape index (κ3) is 4.61. The molecule has 0 bridgehead atoms. The molecule has 10 heteroatoms. The number of methoxy groups -OCH3 is 2. The molecule has 1 aromatic heterocycles. The molecular weight excluding hydrogens is 430 g/mol. The maximum atomic E-state index is 13.3. The minimum Gasteiger partial charge on any atom is -0.497 e. The fourth-order valence-corrected chi connectivity index (χ4v) is 5.86. The van der Waals surface area contributed by atoms with E-state index in [1.54, 1.807) is 12.1 Å². The zero-order valence-electron chi connectivity index (χ0n) is 19.0. The Kier molecular flexibility index (Phi) is 6.71. The summed E-state index contributed by atoms with van der Waals surface area (Å²) in [7, 11) is -0.735. The molecular formula is C22H31N5O4S. The van der Waals surface area contributed by atoms with Gasteiger partial charge in [0.05, 0.1) is 14.2 Å². The highest BCUT2D eigenvalue weighted by Crippen LogP contribution is 2.31. The number of aryl methyl sites for hydroxylation is 1. The van der Waals surface area contributed by atoms with Crippen molar-refractivity contribution in [3.05, 3.63) is 30.1 Å². The van der Waals surface area contributed by atoms with E-state index >= 15 is 0 Å². The number of hydrogen-bond acceptors (Lipinski definition) is 8. The molecule has 2 aliphatic heterocycles. The van der Waals surface area contributed by atoms with Crippen LogP contribution in [0.1, 0.15) is 25.1 Å². The van der Waals surface area contributed by atoms with Crippen LogP contribution < -0.4 is 19.3 Å². The first-order chi connectivity index (χ1) is 15.4. The molecule has 0 atom stereocenters. The average Bonchev–Trinajstić information content (AvgIpc) is 2.83. The van der Waals surface area contributed by atoms with Crippen molar-refractivity contribution in [3.8, 4) is 11.5 Å². The van der Waals surface area contributed by atoms with Gasteiger partial charge in [0.1, 0.15) is 33.9 Å². The van der Waals surface area contributed by atoms with Crippen molar-refractivity contribution in [2.75, 3.05) is 63.3 Å². The Labute approximate surface area is 190 Å². The molecule has 174 valence electrons. The molecule has 2 aromatic rings. The van der Waals surface area contributed by atoms with Gasteiger partial charge >= 0.3 is 0 Å². The van der Waals surface area contributed by atoms with Gasteiger partial charge in [0, 0.05) is 51.4 Å². The van der Waals surface area contributed by atoms with Gasteiger partial charge in [-0.25, -0.2) is 18.4 Å².